The van der Waals surface area contributed by atoms with Crippen molar-refractivity contribution >= 4 is 0 Å². The van der Waals surface area contributed by atoms with E-state index in [1.165, 1.54) is 11.4 Å². The quantitative estimate of drug-likeness (QED) is 0.738. The van der Waals surface area contributed by atoms with Gasteiger partial charge in [-0.1, -0.05) is 6.92 Å². The molecule has 1 N–H and O–H groups in total. The molecule has 0 aromatic rings. The molecule has 0 saturated heterocycles. The molecule has 0 bridgehead atoms. The van der Waals surface area contributed by atoms with Crippen LogP contribution in [0, 0.1) is 0 Å². The molecule has 3 nitrogen and oxygen atoms in total. The highest BCUT2D eigenvalue weighted by Gasteiger charge is 2.09. The largest absolute Gasteiger partial charge is 0.391 e. The summed E-state index contributed by atoms with van der Waals surface area (Å²) in [5, 5.41) is 3.21. The Kier molecular flexibility index (Phi) is 5.39. The van der Waals surface area contributed by atoms with Crippen molar-refractivity contribution in [3.8, 4) is 0 Å². The van der Waals surface area contributed by atoms with Crippen molar-refractivity contribution < 1.29 is 0 Å². The predicted molar refractivity (Wildman–Crippen MR) is 70.3 cm³/mol. The summed E-state index contributed by atoms with van der Waals surface area (Å²) in [6, 6.07) is 0. The van der Waals surface area contributed by atoms with Crippen LogP contribution in [0.25, 0.3) is 0 Å². The zero-order valence-electron chi connectivity index (χ0n) is 11.1. The highest BCUT2D eigenvalue weighted by molar-refractivity contribution is 5.22. The molecular weight excluding hydrogens is 198 g/mol. The molecule has 0 unspecified atom stereocenters. The van der Waals surface area contributed by atoms with Crippen LogP contribution in [0.2, 0.25) is 0 Å². The van der Waals surface area contributed by atoms with Gasteiger partial charge in [0.1, 0.15) is 0 Å². The van der Waals surface area contributed by atoms with Crippen molar-refractivity contribution in [1.82, 2.24) is 15.1 Å². The molecule has 0 aromatic carbocycles. The van der Waals surface area contributed by atoms with E-state index in [4.69, 9.17) is 0 Å². The highest BCUT2D eigenvalue weighted by atomic mass is 15.2. The Balaban J connectivity index is 2.40. The number of hydrogen-bond donors (Lipinski definition) is 1. The van der Waals surface area contributed by atoms with E-state index in [2.05, 4.69) is 48.3 Å². The maximum Gasteiger partial charge on any atom is 0.0299 e. The maximum absolute atomic E-state index is 3.21. The van der Waals surface area contributed by atoms with Gasteiger partial charge in [-0.15, -0.1) is 0 Å². The highest BCUT2D eigenvalue weighted by Crippen LogP contribution is 2.18. The molecule has 0 aromatic heterocycles. The lowest BCUT2D eigenvalue weighted by atomic mass is 10.1. The van der Waals surface area contributed by atoms with E-state index < -0.39 is 0 Å². The summed E-state index contributed by atoms with van der Waals surface area (Å²) in [5.74, 6) is 0. The summed E-state index contributed by atoms with van der Waals surface area (Å²) < 4.78 is 0. The molecular formula is C13H25N3. The first-order valence-corrected chi connectivity index (χ1v) is 6.14. The standard InChI is InChI=1S/C13H25N3/c1-5-15(3)10-11-16(4)13-8-6-12(14-2)7-9-13/h6,8,14H,5,7,9-11H2,1-4H3. The van der Waals surface area contributed by atoms with Crippen molar-refractivity contribution in [1.29, 1.82) is 0 Å². The lowest BCUT2D eigenvalue weighted by Crippen LogP contribution is -2.30. The minimum Gasteiger partial charge on any atom is -0.391 e. The number of likely N-dealkylation sites (N-methyl/N-ethyl adjacent to an activating group) is 2. The Hall–Kier alpha value is -0.960. The fraction of sp³-hybridized carbons (Fsp3) is 0.692. The Morgan fingerprint density at radius 2 is 1.94 bits per heavy atom. The minimum atomic E-state index is 1.11. The third kappa shape index (κ3) is 3.89. The second-order valence-electron chi connectivity index (χ2n) is 4.42. The Bertz CT molecular complexity index is 268. The second-order valence-corrected chi connectivity index (χ2v) is 4.42. The Morgan fingerprint density at radius 3 is 2.44 bits per heavy atom. The van der Waals surface area contributed by atoms with Crippen LogP contribution in [0.15, 0.2) is 23.5 Å². The van der Waals surface area contributed by atoms with Crippen LogP contribution in [-0.2, 0) is 0 Å². The number of rotatable bonds is 6. The molecule has 0 spiro atoms. The first kappa shape index (κ1) is 13.1. The van der Waals surface area contributed by atoms with E-state index in [1.807, 2.05) is 7.05 Å². The Labute approximate surface area is 99.8 Å². The Morgan fingerprint density at radius 1 is 1.19 bits per heavy atom. The van der Waals surface area contributed by atoms with E-state index in [0.29, 0.717) is 0 Å². The first-order chi connectivity index (χ1) is 7.67. The summed E-state index contributed by atoms with van der Waals surface area (Å²) in [6.07, 6.45) is 6.72. The van der Waals surface area contributed by atoms with Crippen LogP contribution in [0.5, 0.6) is 0 Å². The van der Waals surface area contributed by atoms with Crippen molar-refractivity contribution in [2.45, 2.75) is 19.8 Å². The molecule has 1 rings (SSSR count). The van der Waals surface area contributed by atoms with Crippen LogP contribution < -0.4 is 5.32 Å². The average Bonchev–Trinajstić information content (AvgIpc) is 2.35. The fourth-order valence-corrected chi connectivity index (χ4v) is 1.78. The summed E-state index contributed by atoms with van der Waals surface area (Å²) >= 11 is 0. The number of nitrogens with zero attached hydrogens (tertiary/aromatic N) is 2. The average molecular weight is 223 g/mol. The lowest BCUT2D eigenvalue weighted by Gasteiger charge is -2.27. The summed E-state index contributed by atoms with van der Waals surface area (Å²) in [5.41, 5.74) is 2.78. The third-order valence-electron chi connectivity index (χ3n) is 3.30. The molecule has 16 heavy (non-hydrogen) atoms. The van der Waals surface area contributed by atoms with Gasteiger partial charge in [0.25, 0.3) is 0 Å². The van der Waals surface area contributed by atoms with Gasteiger partial charge in [-0.2, -0.15) is 0 Å². The zero-order valence-corrected chi connectivity index (χ0v) is 11.1. The van der Waals surface area contributed by atoms with Gasteiger partial charge in [0.2, 0.25) is 0 Å². The first-order valence-electron chi connectivity index (χ1n) is 6.14. The molecule has 0 fully saturated rings. The monoisotopic (exact) mass is 223 g/mol. The van der Waals surface area contributed by atoms with Gasteiger partial charge < -0.3 is 15.1 Å². The lowest BCUT2D eigenvalue weighted by molar-refractivity contribution is 0.291. The van der Waals surface area contributed by atoms with Crippen LogP contribution in [-0.4, -0.2) is 50.6 Å². The summed E-state index contributed by atoms with van der Waals surface area (Å²) in [7, 11) is 6.35. The molecule has 0 radical (unpaired) electrons. The van der Waals surface area contributed by atoms with Gasteiger partial charge in [0, 0.05) is 38.6 Å². The topological polar surface area (TPSA) is 18.5 Å². The van der Waals surface area contributed by atoms with E-state index in [1.54, 1.807) is 0 Å². The summed E-state index contributed by atoms with van der Waals surface area (Å²) in [4.78, 5) is 4.71. The maximum atomic E-state index is 3.21. The van der Waals surface area contributed by atoms with Crippen molar-refractivity contribution in [3.63, 3.8) is 0 Å². The van der Waals surface area contributed by atoms with Crippen LogP contribution in [0.1, 0.15) is 19.8 Å². The molecule has 0 atom stereocenters. The molecule has 1 aliphatic rings. The van der Waals surface area contributed by atoms with Gasteiger partial charge >= 0.3 is 0 Å². The van der Waals surface area contributed by atoms with Gasteiger partial charge in [0.05, 0.1) is 0 Å². The number of nitrogens with one attached hydrogen (secondary N) is 1. The molecule has 1 aliphatic carbocycles. The van der Waals surface area contributed by atoms with Crippen molar-refractivity contribution in [2.24, 2.45) is 0 Å². The van der Waals surface area contributed by atoms with Gasteiger partial charge in [-0.25, -0.2) is 0 Å². The van der Waals surface area contributed by atoms with Gasteiger partial charge in [0.15, 0.2) is 0 Å². The van der Waals surface area contributed by atoms with E-state index in [0.717, 1.165) is 32.5 Å². The van der Waals surface area contributed by atoms with Crippen molar-refractivity contribution in [2.75, 3.05) is 40.8 Å². The summed E-state index contributed by atoms with van der Waals surface area (Å²) in [6.45, 7) is 5.56. The van der Waals surface area contributed by atoms with Gasteiger partial charge in [-0.05, 0) is 38.6 Å². The number of allylic oxidation sites excluding steroid dienone is 4. The van der Waals surface area contributed by atoms with Crippen LogP contribution in [0.4, 0.5) is 0 Å². The molecule has 0 saturated carbocycles. The van der Waals surface area contributed by atoms with Crippen LogP contribution >= 0.6 is 0 Å². The molecule has 0 aliphatic heterocycles. The van der Waals surface area contributed by atoms with Crippen molar-refractivity contribution in [3.05, 3.63) is 23.5 Å². The number of hydrogen-bond acceptors (Lipinski definition) is 3. The van der Waals surface area contributed by atoms with E-state index >= 15 is 0 Å². The van der Waals surface area contributed by atoms with Gasteiger partial charge in [-0.3, -0.25) is 0 Å². The molecule has 92 valence electrons. The smallest absolute Gasteiger partial charge is 0.0299 e. The minimum absolute atomic E-state index is 1.11. The molecule has 0 heterocycles. The molecule has 0 amide bonds. The zero-order chi connectivity index (χ0) is 12.0. The third-order valence-corrected chi connectivity index (χ3v) is 3.30. The van der Waals surface area contributed by atoms with Crippen LogP contribution in [0.3, 0.4) is 0 Å². The normalized spacial score (nSPS) is 15.8. The van der Waals surface area contributed by atoms with E-state index in [-0.39, 0.29) is 0 Å². The second kappa shape index (κ2) is 6.59. The SMILES string of the molecule is CCN(C)CCN(C)C1=CC=C(NC)CC1. The van der Waals surface area contributed by atoms with E-state index in [9.17, 15) is 0 Å². The predicted octanol–water partition coefficient (Wildman–Crippen LogP) is 1.65. The fourth-order valence-electron chi connectivity index (χ4n) is 1.78. The molecule has 3 heteroatoms.